The highest BCUT2D eigenvalue weighted by molar-refractivity contribution is 7.99. The first-order valence-corrected chi connectivity index (χ1v) is 9.83. The predicted octanol–water partition coefficient (Wildman–Crippen LogP) is 1.94. The molecule has 0 saturated heterocycles. The second-order valence-electron chi connectivity index (χ2n) is 7.70. The van der Waals surface area contributed by atoms with Gasteiger partial charge in [-0.2, -0.15) is 11.8 Å². The van der Waals surface area contributed by atoms with Gasteiger partial charge in [-0.05, 0) is 51.2 Å². The van der Waals surface area contributed by atoms with Crippen LogP contribution in [0.25, 0.3) is 0 Å². The van der Waals surface area contributed by atoms with E-state index in [0.29, 0.717) is 6.04 Å². The van der Waals surface area contributed by atoms with Gasteiger partial charge in [-0.3, -0.25) is 4.79 Å². The maximum absolute atomic E-state index is 11.8. The van der Waals surface area contributed by atoms with Crippen molar-refractivity contribution in [2.75, 3.05) is 33.4 Å². The lowest BCUT2D eigenvalue weighted by atomic mass is 9.95. The number of aliphatic imine (C=N–C) groups is 1. The largest absolute Gasteiger partial charge is 0.355 e. The van der Waals surface area contributed by atoms with Crippen LogP contribution in [0.15, 0.2) is 4.99 Å². The van der Waals surface area contributed by atoms with Crippen LogP contribution in [0, 0.1) is 11.8 Å². The van der Waals surface area contributed by atoms with Crippen LogP contribution in [-0.4, -0.2) is 61.0 Å². The van der Waals surface area contributed by atoms with E-state index >= 15 is 0 Å². The summed E-state index contributed by atoms with van der Waals surface area (Å²) in [6.45, 7) is 5.45. The number of carbonyl (C=O) groups is 1. The molecule has 2 aliphatic rings. The van der Waals surface area contributed by atoms with Crippen molar-refractivity contribution in [3.8, 4) is 0 Å². The van der Waals surface area contributed by atoms with Crippen molar-refractivity contribution >= 4 is 23.6 Å². The third-order valence-electron chi connectivity index (χ3n) is 5.17. The monoisotopic (exact) mass is 340 g/mol. The molecule has 3 atom stereocenters. The smallest absolute Gasteiger partial charge is 0.243 e. The molecule has 2 saturated carbocycles. The summed E-state index contributed by atoms with van der Waals surface area (Å²) in [6.07, 6.45) is 7.46. The molecule has 0 spiro atoms. The minimum Gasteiger partial charge on any atom is -0.355 e. The number of thioether (sulfide) groups is 1. The summed E-state index contributed by atoms with van der Waals surface area (Å²) < 4.78 is 0.142. The zero-order valence-corrected chi connectivity index (χ0v) is 16.0. The normalized spacial score (nSPS) is 27.2. The highest BCUT2D eigenvalue weighted by Crippen LogP contribution is 2.44. The van der Waals surface area contributed by atoms with E-state index in [1.807, 2.05) is 11.8 Å². The molecule has 0 aromatic heterocycles. The number of amides is 1. The molecule has 132 valence electrons. The summed E-state index contributed by atoms with van der Waals surface area (Å²) in [6, 6.07) is 0.520. The van der Waals surface area contributed by atoms with E-state index in [0.717, 1.165) is 24.3 Å². The van der Waals surface area contributed by atoms with Crippen LogP contribution in [0.5, 0.6) is 0 Å². The van der Waals surface area contributed by atoms with E-state index in [1.54, 1.807) is 19.0 Å². The van der Waals surface area contributed by atoms with Gasteiger partial charge >= 0.3 is 0 Å². The van der Waals surface area contributed by atoms with Crippen molar-refractivity contribution in [3.05, 3.63) is 0 Å². The molecule has 2 N–H and O–H groups in total. The van der Waals surface area contributed by atoms with Crippen molar-refractivity contribution in [1.29, 1.82) is 0 Å². The molecule has 0 aromatic rings. The van der Waals surface area contributed by atoms with E-state index in [2.05, 4.69) is 35.7 Å². The fourth-order valence-corrected chi connectivity index (χ4v) is 3.62. The Bertz CT molecular complexity index is 450. The molecule has 23 heavy (non-hydrogen) atoms. The van der Waals surface area contributed by atoms with Gasteiger partial charge in [0.15, 0.2) is 5.96 Å². The van der Waals surface area contributed by atoms with Gasteiger partial charge in [-0.15, -0.1) is 0 Å². The van der Waals surface area contributed by atoms with Crippen molar-refractivity contribution in [1.82, 2.24) is 15.5 Å². The number of rotatable bonds is 6. The van der Waals surface area contributed by atoms with Gasteiger partial charge in [-0.1, -0.05) is 6.42 Å². The van der Waals surface area contributed by atoms with Crippen LogP contribution >= 0.6 is 11.8 Å². The molecule has 2 aliphatic carbocycles. The topological polar surface area (TPSA) is 56.7 Å². The number of likely N-dealkylation sites (N-methyl/N-ethyl adjacent to an activating group) is 1. The first kappa shape index (κ1) is 18.4. The van der Waals surface area contributed by atoms with Gasteiger partial charge in [0.2, 0.25) is 5.91 Å². The molecule has 0 heterocycles. The minimum atomic E-state index is 0.0307. The Morgan fingerprint density at radius 2 is 2.04 bits per heavy atom. The van der Waals surface area contributed by atoms with Gasteiger partial charge < -0.3 is 15.5 Å². The molecule has 3 unspecified atom stereocenters. The SMILES string of the molecule is CSC(C)(C)CNC(=NCC(=O)N(C)C)NC1CC2CCC1C2. The molecule has 5 nitrogen and oxygen atoms in total. The van der Waals surface area contributed by atoms with Gasteiger partial charge in [0.25, 0.3) is 0 Å². The molecule has 0 radical (unpaired) electrons. The number of guanidine groups is 1. The second kappa shape index (κ2) is 7.77. The number of nitrogens with zero attached hydrogens (tertiary/aromatic N) is 2. The van der Waals surface area contributed by atoms with Crippen LogP contribution in [0.2, 0.25) is 0 Å². The third kappa shape index (κ3) is 5.30. The van der Waals surface area contributed by atoms with Crippen LogP contribution in [0.4, 0.5) is 0 Å². The second-order valence-corrected chi connectivity index (χ2v) is 9.21. The first-order valence-electron chi connectivity index (χ1n) is 8.61. The Balaban J connectivity index is 1.95. The van der Waals surface area contributed by atoms with Gasteiger partial charge in [0.05, 0.1) is 0 Å². The Labute approximate surface area is 145 Å². The molecule has 6 heteroatoms. The summed E-state index contributed by atoms with van der Waals surface area (Å²) in [4.78, 5) is 17.9. The van der Waals surface area contributed by atoms with Crippen LogP contribution in [0.1, 0.15) is 39.5 Å². The molecule has 2 bridgehead atoms. The molecular weight excluding hydrogens is 308 g/mol. The third-order valence-corrected chi connectivity index (χ3v) is 6.42. The van der Waals surface area contributed by atoms with Crippen molar-refractivity contribution in [2.24, 2.45) is 16.8 Å². The lowest BCUT2D eigenvalue weighted by molar-refractivity contribution is -0.127. The van der Waals surface area contributed by atoms with Gasteiger partial charge in [0.1, 0.15) is 6.54 Å². The van der Waals surface area contributed by atoms with Crippen LogP contribution < -0.4 is 10.6 Å². The van der Waals surface area contributed by atoms with E-state index in [4.69, 9.17) is 0 Å². The molecule has 0 aliphatic heterocycles. The molecule has 2 rings (SSSR count). The van der Waals surface area contributed by atoms with E-state index < -0.39 is 0 Å². The predicted molar refractivity (Wildman–Crippen MR) is 99.0 cm³/mol. The number of fused-ring (bicyclic) bond motifs is 2. The Hall–Kier alpha value is -0.910. The zero-order valence-electron chi connectivity index (χ0n) is 15.2. The number of hydrogen-bond donors (Lipinski definition) is 2. The maximum Gasteiger partial charge on any atom is 0.243 e. The number of carbonyl (C=O) groups excluding carboxylic acids is 1. The van der Waals surface area contributed by atoms with Crippen molar-refractivity contribution < 1.29 is 4.79 Å². The maximum atomic E-state index is 11.8. The van der Waals surface area contributed by atoms with E-state index in [1.165, 1.54) is 25.7 Å². The quantitative estimate of drug-likeness (QED) is 0.573. The molecular formula is C17H32N4OS. The van der Waals surface area contributed by atoms with Crippen LogP contribution in [-0.2, 0) is 4.79 Å². The fourth-order valence-electron chi connectivity index (χ4n) is 3.41. The molecule has 0 aromatic carbocycles. The highest BCUT2D eigenvalue weighted by atomic mass is 32.2. The van der Waals surface area contributed by atoms with Crippen molar-refractivity contribution in [3.63, 3.8) is 0 Å². The summed E-state index contributed by atoms with van der Waals surface area (Å²) in [5.74, 6) is 2.50. The summed E-state index contributed by atoms with van der Waals surface area (Å²) in [5.41, 5.74) is 0. The average molecular weight is 341 g/mol. The molecule has 2 fully saturated rings. The fraction of sp³-hybridized carbons (Fsp3) is 0.882. The highest BCUT2D eigenvalue weighted by Gasteiger charge is 2.39. The number of hydrogen-bond acceptors (Lipinski definition) is 3. The minimum absolute atomic E-state index is 0.0307. The first-order chi connectivity index (χ1) is 10.8. The lowest BCUT2D eigenvalue weighted by Gasteiger charge is -2.28. The van der Waals surface area contributed by atoms with Gasteiger partial charge in [-0.25, -0.2) is 4.99 Å². The Morgan fingerprint density at radius 1 is 1.30 bits per heavy atom. The summed E-state index contributed by atoms with van der Waals surface area (Å²) in [7, 11) is 3.54. The molecule has 1 amide bonds. The summed E-state index contributed by atoms with van der Waals surface area (Å²) >= 11 is 1.83. The van der Waals surface area contributed by atoms with E-state index in [-0.39, 0.29) is 17.2 Å². The van der Waals surface area contributed by atoms with Gasteiger partial charge in [0, 0.05) is 31.4 Å². The Morgan fingerprint density at radius 3 is 2.57 bits per heavy atom. The lowest BCUT2D eigenvalue weighted by Crippen LogP contribution is -2.49. The summed E-state index contributed by atoms with van der Waals surface area (Å²) in [5, 5.41) is 7.04. The number of nitrogens with one attached hydrogen (secondary N) is 2. The standard InChI is InChI=1S/C17H32N4OS/c1-17(2,23-5)11-19-16(18-10-15(22)21(3)4)20-14-9-12-6-7-13(14)8-12/h12-14H,6-11H2,1-5H3,(H2,18,19,20). The zero-order chi connectivity index (χ0) is 17.0. The average Bonchev–Trinajstić information content (AvgIpc) is 3.12. The van der Waals surface area contributed by atoms with Crippen molar-refractivity contribution in [2.45, 2.75) is 50.3 Å². The van der Waals surface area contributed by atoms with Crippen LogP contribution in [0.3, 0.4) is 0 Å². The Kier molecular flexibility index (Phi) is 6.23. The van der Waals surface area contributed by atoms with E-state index in [9.17, 15) is 4.79 Å².